The molecule has 0 bridgehead atoms. The summed E-state index contributed by atoms with van der Waals surface area (Å²) in [5.74, 6) is 0.878. The van der Waals surface area contributed by atoms with E-state index in [1.807, 2.05) is 0 Å². The quantitative estimate of drug-likeness (QED) is 0.758. The zero-order valence-corrected chi connectivity index (χ0v) is 12.4. The highest BCUT2D eigenvalue weighted by Crippen LogP contribution is 2.20. The highest BCUT2D eigenvalue weighted by atomic mass is 16.5. The Morgan fingerprint density at radius 1 is 1.33 bits per heavy atom. The summed E-state index contributed by atoms with van der Waals surface area (Å²) in [6.07, 6.45) is 3.83. The van der Waals surface area contributed by atoms with Crippen LogP contribution >= 0.6 is 0 Å². The molecule has 9 heteroatoms. The van der Waals surface area contributed by atoms with E-state index in [0.29, 0.717) is 25.0 Å². The molecular formula is C12H20N8O. The normalized spacial score (nSPS) is 11.6. The third kappa shape index (κ3) is 4.35. The van der Waals surface area contributed by atoms with Crippen molar-refractivity contribution in [3.8, 4) is 5.95 Å². The fourth-order valence-electron chi connectivity index (χ4n) is 1.66. The minimum atomic E-state index is 0.0464. The van der Waals surface area contributed by atoms with Gasteiger partial charge in [0.1, 0.15) is 12.7 Å². The van der Waals surface area contributed by atoms with E-state index in [4.69, 9.17) is 10.5 Å². The molecule has 0 radical (unpaired) electrons. The van der Waals surface area contributed by atoms with E-state index in [-0.39, 0.29) is 11.4 Å². The van der Waals surface area contributed by atoms with E-state index in [0.717, 1.165) is 6.42 Å². The molecule has 2 aromatic heterocycles. The number of ether oxygens (including phenoxy) is 1. The molecule has 2 rings (SSSR count). The number of rotatable bonds is 7. The number of nitrogens with one attached hydrogen (secondary N) is 1. The Labute approximate surface area is 123 Å². The van der Waals surface area contributed by atoms with Crippen molar-refractivity contribution in [2.45, 2.75) is 20.3 Å². The molecule has 0 aliphatic carbocycles. The molecule has 0 aliphatic rings. The lowest BCUT2D eigenvalue weighted by Crippen LogP contribution is -2.26. The van der Waals surface area contributed by atoms with Gasteiger partial charge >= 0.3 is 0 Å². The lowest BCUT2D eigenvalue weighted by atomic mass is 9.90. The molecule has 0 saturated heterocycles. The summed E-state index contributed by atoms with van der Waals surface area (Å²) in [5.41, 5.74) is 5.75. The standard InChI is InChI=1S/C12H20N8O/c1-12(2,4-5-21-3)6-15-10-17-9(13)18-11(19-10)20-8-14-7-16-20/h7-8H,4-6H2,1-3H3,(H3,13,15,17,18,19). The van der Waals surface area contributed by atoms with Crippen LogP contribution in [0.5, 0.6) is 0 Å². The summed E-state index contributed by atoms with van der Waals surface area (Å²) in [6, 6.07) is 0. The third-order valence-electron chi connectivity index (χ3n) is 2.97. The third-order valence-corrected chi connectivity index (χ3v) is 2.97. The van der Waals surface area contributed by atoms with Gasteiger partial charge in [0.05, 0.1) is 0 Å². The number of hydrogen-bond acceptors (Lipinski definition) is 8. The van der Waals surface area contributed by atoms with Gasteiger partial charge in [0.25, 0.3) is 5.95 Å². The molecule has 114 valence electrons. The first-order valence-corrected chi connectivity index (χ1v) is 6.59. The van der Waals surface area contributed by atoms with Crippen LogP contribution in [-0.2, 0) is 4.74 Å². The average molecular weight is 292 g/mol. The summed E-state index contributed by atoms with van der Waals surface area (Å²) in [7, 11) is 1.70. The minimum absolute atomic E-state index is 0.0464. The molecule has 2 aromatic rings. The Morgan fingerprint density at radius 2 is 2.14 bits per heavy atom. The second kappa shape index (κ2) is 6.44. The highest BCUT2D eigenvalue weighted by molar-refractivity contribution is 5.34. The van der Waals surface area contributed by atoms with Gasteiger partial charge in [0.2, 0.25) is 11.9 Å². The number of methoxy groups -OCH3 is 1. The summed E-state index contributed by atoms with van der Waals surface area (Å²) >= 11 is 0. The van der Waals surface area contributed by atoms with Gasteiger partial charge in [-0.15, -0.1) is 0 Å². The van der Waals surface area contributed by atoms with Gasteiger partial charge in [-0.3, -0.25) is 0 Å². The number of nitrogens with two attached hydrogens (primary N) is 1. The fraction of sp³-hybridized carbons (Fsp3) is 0.583. The topological polar surface area (TPSA) is 117 Å². The van der Waals surface area contributed by atoms with E-state index in [1.54, 1.807) is 7.11 Å². The van der Waals surface area contributed by atoms with Crippen LogP contribution in [0.3, 0.4) is 0 Å². The molecule has 3 N–H and O–H groups in total. The van der Waals surface area contributed by atoms with Crippen LogP contribution in [0.25, 0.3) is 5.95 Å². The monoisotopic (exact) mass is 292 g/mol. The maximum absolute atomic E-state index is 5.70. The van der Waals surface area contributed by atoms with Crippen molar-refractivity contribution in [2.75, 3.05) is 31.3 Å². The maximum Gasteiger partial charge on any atom is 0.258 e. The molecule has 21 heavy (non-hydrogen) atoms. The predicted octanol–water partition coefficient (Wildman–Crippen LogP) is 0.509. The van der Waals surface area contributed by atoms with Crippen LogP contribution in [0.15, 0.2) is 12.7 Å². The summed E-state index contributed by atoms with van der Waals surface area (Å²) in [4.78, 5) is 16.2. The molecule has 0 unspecified atom stereocenters. The van der Waals surface area contributed by atoms with Gasteiger partial charge in [-0.25, -0.2) is 4.98 Å². The number of anilines is 2. The van der Waals surface area contributed by atoms with Gasteiger partial charge < -0.3 is 15.8 Å². The molecule has 0 atom stereocenters. The first-order valence-electron chi connectivity index (χ1n) is 6.59. The zero-order valence-electron chi connectivity index (χ0n) is 12.4. The molecule has 0 fully saturated rings. The highest BCUT2D eigenvalue weighted by Gasteiger charge is 2.18. The van der Waals surface area contributed by atoms with Crippen LogP contribution in [0.1, 0.15) is 20.3 Å². The summed E-state index contributed by atoms with van der Waals surface area (Å²) in [5, 5.41) is 7.15. The molecule has 0 aromatic carbocycles. The van der Waals surface area contributed by atoms with Gasteiger partial charge in [0.15, 0.2) is 0 Å². The molecule has 0 spiro atoms. The molecule has 0 amide bonds. The van der Waals surface area contributed by atoms with Crippen molar-refractivity contribution in [3.63, 3.8) is 0 Å². The van der Waals surface area contributed by atoms with Crippen molar-refractivity contribution in [3.05, 3.63) is 12.7 Å². The maximum atomic E-state index is 5.70. The second-order valence-corrected chi connectivity index (χ2v) is 5.42. The van der Waals surface area contributed by atoms with Gasteiger partial charge in [0, 0.05) is 20.3 Å². The van der Waals surface area contributed by atoms with E-state index < -0.39 is 0 Å². The van der Waals surface area contributed by atoms with Crippen molar-refractivity contribution < 1.29 is 4.74 Å². The Morgan fingerprint density at radius 3 is 2.81 bits per heavy atom. The zero-order chi connectivity index (χ0) is 15.3. The Kier molecular flexibility index (Phi) is 4.63. The van der Waals surface area contributed by atoms with Gasteiger partial charge in [-0.2, -0.15) is 24.7 Å². The number of nitrogens with zero attached hydrogens (tertiary/aromatic N) is 6. The molecule has 2 heterocycles. The van der Waals surface area contributed by atoms with Crippen LogP contribution in [0.2, 0.25) is 0 Å². The minimum Gasteiger partial charge on any atom is -0.385 e. The van der Waals surface area contributed by atoms with Crippen LogP contribution in [0.4, 0.5) is 11.9 Å². The van der Waals surface area contributed by atoms with Crippen molar-refractivity contribution in [1.82, 2.24) is 29.7 Å². The van der Waals surface area contributed by atoms with E-state index in [9.17, 15) is 0 Å². The Bertz CT molecular complexity index is 569. The molecule has 0 saturated carbocycles. The Hall–Kier alpha value is -2.29. The van der Waals surface area contributed by atoms with Gasteiger partial charge in [-0.05, 0) is 11.8 Å². The molecule has 0 aliphatic heterocycles. The largest absolute Gasteiger partial charge is 0.385 e. The van der Waals surface area contributed by atoms with E-state index in [1.165, 1.54) is 17.3 Å². The van der Waals surface area contributed by atoms with Crippen molar-refractivity contribution in [1.29, 1.82) is 0 Å². The van der Waals surface area contributed by atoms with E-state index >= 15 is 0 Å². The smallest absolute Gasteiger partial charge is 0.258 e. The molecule has 9 nitrogen and oxygen atoms in total. The lowest BCUT2D eigenvalue weighted by molar-refractivity contribution is 0.157. The predicted molar refractivity (Wildman–Crippen MR) is 77.9 cm³/mol. The fourth-order valence-corrected chi connectivity index (χ4v) is 1.66. The van der Waals surface area contributed by atoms with Crippen LogP contribution in [0, 0.1) is 5.41 Å². The average Bonchev–Trinajstić information content (AvgIpc) is 2.97. The lowest BCUT2D eigenvalue weighted by Gasteiger charge is -2.24. The number of hydrogen-bond donors (Lipinski definition) is 2. The van der Waals surface area contributed by atoms with E-state index in [2.05, 4.69) is 44.2 Å². The second-order valence-electron chi connectivity index (χ2n) is 5.42. The SMILES string of the molecule is COCCC(C)(C)CNc1nc(N)nc(-n2cncn2)n1. The van der Waals surface area contributed by atoms with Crippen molar-refractivity contribution >= 4 is 11.9 Å². The van der Waals surface area contributed by atoms with Crippen LogP contribution < -0.4 is 11.1 Å². The van der Waals surface area contributed by atoms with Crippen molar-refractivity contribution in [2.24, 2.45) is 5.41 Å². The molecular weight excluding hydrogens is 272 g/mol. The summed E-state index contributed by atoms with van der Waals surface area (Å²) < 4.78 is 6.54. The first-order chi connectivity index (χ1) is 10.00. The number of nitrogen functional groups attached to an aromatic ring is 1. The Balaban J connectivity index is 2.07. The number of aromatic nitrogens is 6. The first kappa shape index (κ1) is 15.1. The summed E-state index contributed by atoms with van der Waals surface area (Å²) in [6.45, 7) is 5.68. The van der Waals surface area contributed by atoms with Crippen LogP contribution in [-0.4, -0.2) is 50.0 Å². The van der Waals surface area contributed by atoms with Gasteiger partial charge in [-0.1, -0.05) is 13.8 Å².